The summed E-state index contributed by atoms with van der Waals surface area (Å²) in [6.07, 6.45) is -0.474. The Kier molecular flexibility index (Phi) is 2.96. The highest BCUT2D eigenvalue weighted by Gasteiger charge is 2.12. The van der Waals surface area contributed by atoms with Crippen molar-refractivity contribution in [3.63, 3.8) is 0 Å². The summed E-state index contributed by atoms with van der Waals surface area (Å²) >= 11 is 1.45. The molecule has 1 amide bonds. The van der Waals surface area contributed by atoms with E-state index in [4.69, 9.17) is 10.5 Å². The van der Waals surface area contributed by atoms with E-state index >= 15 is 0 Å². The molecule has 0 aliphatic heterocycles. The fraction of sp³-hybridized carbons (Fsp3) is 0.182. The zero-order chi connectivity index (χ0) is 11.5. The molecule has 84 valence electrons. The van der Waals surface area contributed by atoms with E-state index in [1.165, 1.54) is 11.3 Å². The molecule has 0 atom stereocenters. The third kappa shape index (κ3) is 1.94. The summed E-state index contributed by atoms with van der Waals surface area (Å²) in [7, 11) is 0. The lowest BCUT2D eigenvalue weighted by atomic mass is 10.2. The van der Waals surface area contributed by atoms with E-state index in [1.54, 1.807) is 6.92 Å². The lowest BCUT2D eigenvalue weighted by molar-refractivity contribution is 0.168. The van der Waals surface area contributed by atoms with Gasteiger partial charge in [0.2, 0.25) is 0 Å². The van der Waals surface area contributed by atoms with Gasteiger partial charge in [0.1, 0.15) is 5.00 Å². The minimum absolute atomic E-state index is 0.341. The normalized spacial score (nSPS) is 10.3. The van der Waals surface area contributed by atoms with E-state index < -0.39 is 6.09 Å². The maximum Gasteiger partial charge on any atom is 0.411 e. The first-order chi connectivity index (χ1) is 7.72. The van der Waals surface area contributed by atoms with Crippen LogP contribution in [0.5, 0.6) is 0 Å². The summed E-state index contributed by atoms with van der Waals surface area (Å²) in [5, 5.41) is 4.19. The summed E-state index contributed by atoms with van der Waals surface area (Å²) in [6.45, 7) is 2.10. The molecule has 3 N–H and O–H groups in total. The van der Waals surface area contributed by atoms with Crippen molar-refractivity contribution in [3.05, 3.63) is 24.3 Å². The van der Waals surface area contributed by atoms with E-state index in [2.05, 4.69) is 5.32 Å². The standard InChI is InChI=1S/C11H12N2O2S/c1-2-15-11(14)13-9-7-5-3-4-6-8(7)16-10(9)12/h3-6H,2,12H2,1H3,(H,13,14). The SMILES string of the molecule is CCOC(=O)Nc1c(N)sc2ccccc12. The van der Waals surface area contributed by atoms with Crippen LogP contribution >= 0.6 is 11.3 Å². The Balaban J connectivity index is 2.36. The van der Waals surface area contributed by atoms with Crippen LogP contribution in [0.3, 0.4) is 0 Å². The zero-order valence-electron chi connectivity index (χ0n) is 8.82. The van der Waals surface area contributed by atoms with Gasteiger partial charge in [-0.15, -0.1) is 11.3 Å². The van der Waals surface area contributed by atoms with E-state index in [1.807, 2.05) is 24.3 Å². The van der Waals surface area contributed by atoms with Gasteiger partial charge < -0.3 is 10.5 Å². The number of carbonyl (C=O) groups excluding carboxylic acids is 1. The predicted molar refractivity (Wildman–Crippen MR) is 66.9 cm³/mol. The molecular weight excluding hydrogens is 224 g/mol. The molecule has 0 aliphatic rings. The van der Waals surface area contributed by atoms with Crippen LogP contribution in [0.25, 0.3) is 10.1 Å². The number of rotatable bonds is 2. The second kappa shape index (κ2) is 4.40. The molecule has 0 fully saturated rings. The molecule has 2 aromatic rings. The second-order valence-corrected chi connectivity index (χ2v) is 4.27. The molecule has 5 heteroatoms. The first-order valence-electron chi connectivity index (χ1n) is 4.93. The lowest BCUT2D eigenvalue weighted by Crippen LogP contribution is -2.13. The Bertz CT molecular complexity index is 522. The second-order valence-electron chi connectivity index (χ2n) is 3.18. The van der Waals surface area contributed by atoms with Gasteiger partial charge in [-0.3, -0.25) is 5.32 Å². The molecule has 0 unspecified atom stereocenters. The summed E-state index contributed by atoms with van der Waals surface area (Å²) in [6, 6.07) is 7.73. The van der Waals surface area contributed by atoms with E-state index in [9.17, 15) is 4.79 Å². The molecule has 0 bridgehead atoms. The molecule has 1 heterocycles. The van der Waals surface area contributed by atoms with Crippen LogP contribution in [0, 0.1) is 0 Å². The molecule has 0 saturated carbocycles. The average Bonchev–Trinajstić information content (AvgIpc) is 2.56. The van der Waals surface area contributed by atoms with Crippen molar-refractivity contribution < 1.29 is 9.53 Å². The van der Waals surface area contributed by atoms with Gasteiger partial charge in [-0.05, 0) is 13.0 Å². The first kappa shape index (κ1) is 10.8. The van der Waals surface area contributed by atoms with Gasteiger partial charge in [0, 0.05) is 10.1 Å². The fourth-order valence-electron chi connectivity index (χ4n) is 1.46. The quantitative estimate of drug-likeness (QED) is 0.842. The number of ether oxygens (including phenoxy) is 1. The van der Waals surface area contributed by atoms with Gasteiger partial charge in [-0.1, -0.05) is 18.2 Å². The number of amides is 1. The van der Waals surface area contributed by atoms with Crippen molar-refractivity contribution in [2.24, 2.45) is 0 Å². The van der Waals surface area contributed by atoms with Crippen molar-refractivity contribution >= 4 is 38.2 Å². The number of benzene rings is 1. The maximum absolute atomic E-state index is 11.3. The van der Waals surface area contributed by atoms with Gasteiger partial charge in [-0.25, -0.2) is 4.79 Å². The molecular formula is C11H12N2O2S. The highest BCUT2D eigenvalue weighted by molar-refractivity contribution is 7.23. The van der Waals surface area contributed by atoms with Gasteiger partial charge in [-0.2, -0.15) is 0 Å². The Labute approximate surface area is 97.0 Å². The third-order valence-electron chi connectivity index (χ3n) is 2.13. The average molecular weight is 236 g/mol. The van der Waals surface area contributed by atoms with Crippen molar-refractivity contribution in [3.8, 4) is 0 Å². The number of carbonyl (C=O) groups is 1. The van der Waals surface area contributed by atoms with E-state index in [-0.39, 0.29) is 0 Å². The third-order valence-corrected chi connectivity index (χ3v) is 3.13. The van der Waals surface area contributed by atoms with Crippen LogP contribution in [-0.2, 0) is 4.74 Å². The van der Waals surface area contributed by atoms with Gasteiger partial charge >= 0.3 is 6.09 Å². The van der Waals surface area contributed by atoms with E-state index in [0.29, 0.717) is 17.3 Å². The van der Waals surface area contributed by atoms with Crippen LogP contribution in [0.15, 0.2) is 24.3 Å². The molecule has 0 aliphatic carbocycles. The van der Waals surface area contributed by atoms with Crippen molar-refractivity contribution in [2.75, 3.05) is 17.7 Å². The van der Waals surface area contributed by atoms with Crippen LogP contribution in [-0.4, -0.2) is 12.7 Å². The minimum atomic E-state index is -0.474. The molecule has 2 rings (SSSR count). The Hall–Kier alpha value is -1.75. The van der Waals surface area contributed by atoms with Crippen molar-refractivity contribution in [1.82, 2.24) is 0 Å². The van der Waals surface area contributed by atoms with Crippen LogP contribution in [0.4, 0.5) is 15.5 Å². The highest BCUT2D eigenvalue weighted by atomic mass is 32.1. The number of nitrogens with two attached hydrogens (primary N) is 1. The number of thiophene rings is 1. The largest absolute Gasteiger partial charge is 0.450 e. The Morgan fingerprint density at radius 2 is 2.25 bits per heavy atom. The number of nitrogen functional groups attached to an aromatic ring is 1. The molecule has 4 nitrogen and oxygen atoms in total. The van der Waals surface area contributed by atoms with Gasteiger partial charge in [0.15, 0.2) is 0 Å². The van der Waals surface area contributed by atoms with Gasteiger partial charge in [0.05, 0.1) is 12.3 Å². The fourth-order valence-corrected chi connectivity index (χ4v) is 2.39. The maximum atomic E-state index is 11.3. The topological polar surface area (TPSA) is 64.3 Å². The molecule has 0 spiro atoms. The molecule has 1 aromatic heterocycles. The van der Waals surface area contributed by atoms with Crippen molar-refractivity contribution in [2.45, 2.75) is 6.92 Å². The van der Waals surface area contributed by atoms with Gasteiger partial charge in [0.25, 0.3) is 0 Å². The van der Waals surface area contributed by atoms with Crippen LogP contribution in [0.2, 0.25) is 0 Å². The summed E-state index contributed by atoms with van der Waals surface area (Å²) in [5.41, 5.74) is 6.48. The summed E-state index contributed by atoms with van der Waals surface area (Å²) in [5.74, 6) is 0. The number of nitrogens with one attached hydrogen (secondary N) is 1. The minimum Gasteiger partial charge on any atom is -0.450 e. The first-order valence-corrected chi connectivity index (χ1v) is 5.74. The van der Waals surface area contributed by atoms with Crippen LogP contribution in [0.1, 0.15) is 6.92 Å². The molecule has 0 saturated heterocycles. The molecule has 0 radical (unpaired) electrons. The number of fused-ring (bicyclic) bond motifs is 1. The lowest BCUT2D eigenvalue weighted by Gasteiger charge is -2.04. The predicted octanol–water partition coefficient (Wildman–Crippen LogP) is 3.05. The van der Waals surface area contributed by atoms with Crippen molar-refractivity contribution in [1.29, 1.82) is 0 Å². The number of hydrogen-bond acceptors (Lipinski definition) is 4. The molecule has 1 aromatic carbocycles. The Morgan fingerprint density at radius 3 is 3.00 bits per heavy atom. The number of anilines is 2. The smallest absolute Gasteiger partial charge is 0.411 e. The highest BCUT2D eigenvalue weighted by Crippen LogP contribution is 2.37. The Morgan fingerprint density at radius 1 is 1.50 bits per heavy atom. The van der Waals surface area contributed by atoms with E-state index in [0.717, 1.165) is 10.1 Å². The molecule has 16 heavy (non-hydrogen) atoms. The van der Waals surface area contributed by atoms with Crippen LogP contribution < -0.4 is 11.1 Å². The monoisotopic (exact) mass is 236 g/mol. The summed E-state index contributed by atoms with van der Waals surface area (Å²) < 4.78 is 5.87. The summed E-state index contributed by atoms with van der Waals surface area (Å²) in [4.78, 5) is 11.3. The zero-order valence-corrected chi connectivity index (χ0v) is 9.64. The number of hydrogen-bond donors (Lipinski definition) is 2.